The summed E-state index contributed by atoms with van der Waals surface area (Å²) in [5, 5.41) is 15.8. The van der Waals surface area contributed by atoms with E-state index in [0.717, 1.165) is 54.7 Å². The number of carboxylic acids is 1. The molecule has 5 N–H and O–H groups in total. The van der Waals surface area contributed by atoms with Crippen molar-refractivity contribution in [3.63, 3.8) is 0 Å². The maximum atomic E-state index is 13.1. The van der Waals surface area contributed by atoms with Gasteiger partial charge in [-0.3, -0.25) is 4.79 Å². The third-order valence-corrected chi connectivity index (χ3v) is 7.35. The first-order chi connectivity index (χ1) is 19.6. The largest absolute Gasteiger partial charge is 0.478 e. The fourth-order valence-corrected chi connectivity index (χ4v) is 5.44. The van der Waals surface area contributed by atoms with Crippen LogP contribution in [0.15, 0.2) is 60.6 Å². The highest BCUT2D eigenvalue weighted by Gasteiger charge is 2.45. The van der Waals surface area contributed by atoms with Crippen molar-refractivity contribution in [2.45, 2.75) is 58.8 Å². The second-order valence-electron chi connectivity index (χ2n) is 11.1. The van der Waals surface area contributed by atoms with Gasteiger partial charge in [-0.2, -0.15) is 5.10 Å². The van der Waals surface area contributed by atoms with Gasteiger partial charge < -0.3 is 20.7 Å². The minimum Gasteiger partial charge on any atom is -0.478 e. The summed E-state index contributed by atoms with van der Waals surface area (Å²) in [4.78, 5) is 27.1. The smallest absolute Gasteiger partial charge is 0.339 e. The molecule has 218 valence electrons. The van der Waals surface area contributed by atoms with E-state index in [-0.39, 0.29) is 23.3 Å². The molecular formula is C32H42N6O3. The molecule has 9 heteroatoms. The van der Waals surface area contributed by atoms with Crippen LogP contribution in [-0.4, -0.2) is 56.8 Å². The predicted molar refractivity (Wildman–Crippen MR) is 161 cm³/mol. The SMILES string of the molecule is CCC.Cc1cc(-c2cccc(C(=O)N3CCCCC3)c2)cc(-n2ncc(C(=O)O)c2C2CC2/C(N)=C/N(C)N)c1. The van der Waals surface area contributed by atoms with Crippen molar-refractivity contribution in [3.8, 4) is 16.8 Å². The van der Waals surface area contributed by atoms with Gasteiger partial charge in [0.15, 0.2) is 0 Å². The Morgan fingerprint density at radius 3 is 2.46 bits per heavy atom. The normalized spacial score (nSPS) is 18.4. The number of hydrazine groups is 1. The van der Waals surface area contributed by atoms with E-state index >= 15 is 0 Å². The fraction of sp³-hybridized carbons (Fsp3) is 0.406. The maximum Gasteiger partial charge on any atom is 0.339 e. The van der Waals surface area contributed by atoms with Crippen molar-refractivity contribution in [2.75, 3.05) is 20.1 Å². The summed E-state index contributed by atoms with van der Waals surface area (Å²) in [6.07, 6.45) is 8.30. The highest BCUT2D eigenvalue weighted by Crippen LogP contribution is 2.52. The van der Waals surface area contributed by atoms with Gasteiger partial charge in [-0.05, 0) is 73.6 Å². The number of likely N-dealkylation sites (tertiary alicyclic amines) is 1. The average Bonchev–Trinajstić information content (AvgIpc) is 3.62. The summed E-state index contributed by atoms with van der Waals surface area (Å²) in [7, 11) is 1.69. The number of hydrogen-bond donors (Lipinski definition) is 3. The molecule has 3 aromatic rings. The van der Waals surface area contributed by atoms with Gasteiger partial charge in [0.1, 0.15) is 5.56 Å². The summed E-state index contributed by atoms with van der Waals surface area (Å²) in [6.45, 7) is 7.85. The second-order valence-corrected chi connectivity index (χ2v) is 11.1. The molecule has 5 rings (SSSR count). The number of piperidine rings is 1. The molecule has 41 heavy (non-hydrogen) atoms. The Morgan fingerprint density at radius 1 is 1.10 bits per heavy atom. The van der Waals surface area contributed by atoms with Crippen molar-refractivity contribution in [2.24, 2.45) is 17.5 Å². The molecule has 1 amide bonds. The van der Waals surface area contributed by atoms with Crippen LogP contribution in [0.25, 0.3) is 16.8 Å². The van der Waals surface area contributed by atoms with Crippen molar-refractivity contribution in [1.29, 1.82) is 0 Å². The van der Waals surface area contributed by atoms with E-state index in [1.165, 1.54) is 24.0 Å². The molecule has 2 unspecified atom stereocenters. The molecule has 0 spiro atoms. The van der Waals surface area contributed by atoms with E-state index in [2.05, 4.69) is 25.0 Å². The zero-order valence-electron chi connectivity index (χ0n) is 24.5. The quantitative estimate of drug-likeness (QED) is 0.265. The summed E-state index contributed by atoms with van der Waals surface area (Å²) < 4.78 is 1.72. The number of hydrogen-bond acceptors (Lipinski definition) is 6. The third-order valence-electron chi connectivity index (χ3n) is 7.35. The lowest BCUT2D eigenvalue weighted by molar-refractivity contribution is 0.0693. The van der Waals surface area contributed by atoms with Crippen LogP contribution in [0.1, 0.15) is 83.8 Å². The Hall–Kier alpha value is -4.11. The summed E-state index contributed by atoms with van der Waals surface area (Å²) in [5.41, 5.74) is 11.9. The van der Waals surface area contributed by atoms with Gasteiger partial charge in [0.05, 0.1) is 17.6 Å². The molecule has 1 saturated carbocycles. The molecule has 2 aromatic carbocycles. The van der Waals surface area contributed by atoms with Gasteiger partial charge in [0.2, 0.25) is 0 Å². The van der Waals surface area contributed by atoms with E-state index < -0.39 is 5.97 Å². The van der Waals surface area contributed by atoms with Crippen molar-refractivity contribution in [3.05, 3.63) is 82.9 Å². The Labute approximate surface area is 242 Å². The molecule has 2 aliphatic rings. The first kappa shape index (κ1) is 29.9. The first-order valence-electron chi connectivity index (χ1n) is 14.4. The average molecular weight is 559 g/mol. The van der Waals surface area contributed by atoms with E-state index in [1.54, 1.807) is 17.9 Å². The molecule has 0 radical (unpaired) electrons. The number of nitrogens with two attached hydrogens (primary N) is 2. The van der Waals surface area contributed by atoms with Gasteiger partial charge >= 0.3 is 5.97 Å². The number of allylic oxidation sites excluding steroid dienone is 1. The van der Waals surface area contributed by atoms with Crippen LogP contribution in [0, 0.1) is 12.8 Å². The lowest BCUT2D eigenvalue weighted by atomic mass is 9.99. The lowest BCUT2D eigenvalue weighted by Crippen LogP contribution is -2.35. The highest BCUT2D eigenvalue weighted by atomic mass is 16.4. The number of aryl methyl sites for hydroxylation is 1. The van der Waals surface area contributed by atoms with Gasteiger partial charge in [0, 0.05) is 49.4 Å². The van der Waals surface area contributed by atoms with Crippen LogP contribution in [0.2, 0.25) is 0 Å². The van der Waals surface area contributed by atoms with Crippen LogP contribution in [0.4, 0.5) is 0 Å². The van der Waals surface area contributed by atoms with Crippen LogP contribution < -0.4 is 11.6 Å². The number of benzene rings is 2. The topological polar surface area (TPSA) is 131 Å². The summed E-state index contributed by atoms with van der Waals surface area (Å²) >= 11 is 0. The molecule has 9 nitrogen and oxygen atoms in total. The first-order valence-corrected chi connectivity index (χ1v) is 14.4. The molecule has 1 aromatic heterocycles. The Bertz CT molecular complexity index is 1420. The molecular weight excluding hydrogens is 516 g/mol. The minimum atomic E-state index is -1.02. The van der Waals surface area contributed by atoms with Gasteiger partial charge in [-0.25, -0.2) is 15.3 Å². The molecule has 1 aliphatic carbocycles. The Balaban J connectivity index is 0.00000124. The highest BCUT2D eigenvalue weighted by molar-refractivity contribution is 5.95. The standard InChI is InChI=1S/C29H34N6O3.C3H8/c1-18-11-21(19-7-6-8-20(13-19)28(36)34-9-4-3-5-10-34)14-22(12-18)35-27(25(16-32-35)29(37)38)24-15-23(24)26(30)17-33(2)31;1-3-2/h6-8,11-14,16-17,23-24H,3-5,9-10,15,30-31H2,1-2H3,(H,37,38);3H2,1-2H3/b26-17-;. The number of amides is 1. The summed E-state index contributed by atoms with van der Waals surface area (Å²) in [5.74, 6) is 4.69. The number of rotatable bonds is 7. The van der Waals surface area contributed by atoms with E-state index in [9.17, 15) is 14.7 Å². The minimum absolute atomic E-state index is 0.00342. The van der Waals surface area contributed by atoms with Crippen molar-refractivity contribution < 1.29 is 14.7 Å². The monoisotopic (exact) mass is 558 g/mol. The Morgan fingerprint density at radius 2 is 1.80 bits per heavy atom. The number of aromatic carboxylic acids is 1. The predicted octanol–water partition coefficient (Wildman–Crippen LogP) is 5.30. The fourth-order valence-electron chi connectivity index (χ4n) is 5.44. The molecule has 2 fully saturated rings. The number of carbonyl (C=O) groups is 2. The summed E-state index contributed by atoms with van der Waals surface area (Å²) in [6, 6.07) is 13.7. The maximum absolute atomic E-state index is 13.1. The van der Waals surface area contributed by atoms with Gasteiger partial charge in [-0.15, -0.1) is 0 Å². The van der Waals surface area contributed by atoms with Crippen LogP contribution in [0.5, 0.6) is 0 Å². The molecule has 1 saturated heterocycles. The van der Waals surface area contributed by atoms with Crippen LogP contribution >= 0.6 is 0 Å². The van der Waals surface area contributed by atoms with Crippen molar-refractivity contribution >= 4 is 11.9 Å². The van der Waals surface area contributed by atoms with E-state index in [0.29, 0.717) is 17.0 Å². The van der Waals surface area contributed by atoms with Crippen LogP contribution in [0.3, 0.4) is 0 Å². The number of carboxylic acid groups (broad SMARTS) is 1. The molecule has 2 atom stereocenters. The van der Waals surface area contributed by atoms with Gasteiger partial charge in [-0.1, -0.05) is 38.5 Å². The number of carbonyl (C=O) groups excluding carboxylic acids is 1. The lowest BCUT2D eigenvalue weighted by Gasteiger charge is -2.26. The van der Waals surface area contributed by atoms with E-state index in [4.69, 9.17) is 11.6 Å². The second kappa shape index (κ2) is 13.0. The van der Waals surface area contributed by atoms with E-state index in [1.807, 2.05) is 48.2 Å². The van der Waals surface area contributed by atoms with Crippen LogP contribution in [-0.2, 0) is 0 Å². The number of nitrogens with zero attached hydrogens (tertiary/aromatic N) is 4. The van der Waals surface area contributed by atoms with Gasteiger partial charge in [0.25, 0.3) is 5.91 Å². The third kappa shape index (κ3) is 6.97. The molecule has 0 bridgehead atoms. The Kier molecular flexibility index (Phi) is 9.50. The zero-order chi connectivity index (χ0) is 29.7. The van der Waals surface area contributed by atoms with Crippen molar-refractivity contribution in [1.82, 2.24) is 19.7 Å². The zero-order valence-corrected chi connectivity index (χ0v) is 24.5. The molecule has 2 heterocycles. The number of aromatic nitrogens is 2. The molecule has 1 aliphatic heterocycles.